The number of carbonyl (C=O) groups is 1. The van der Waals surface area contributed by atoms with Crippen molar-refractivity contribution in [3.63, 3.8) is 0 Å². The molecule has 2 saturated heterocycles. The number of hydrogen-bond acceptors (Lipinski definition) is 10. The van der Waals surface area contributed by atoms with Gasteiger partial charge in [0.15, 0.2) is 0 Å². The maximum atomic E-state index is 13.0. The number of nitrogens with two attached hydrogens (primary N) is 2. The number of nitrogens with one attached hydrogen (secondary N) is 1. The van der Waals surface area contributed by atoms with Crippen LogP contribution in [0.4, 0.5) is 11.5 Å². The Bertz CT molecular complexity index is 1360. The molecule has 3 aliphatic rings. The van der Waals surface area contributed by atoms with Gasteiger partial charge in [-0.15, -0.1) is 11.3 Å². The van der Waals surface area contributed by atoms with E-state index in [2.05, 4.69) is 26.3 Å². The maximum absolute atomic E-state index is 13.0. The molecule has 3 unspecified atom stereocenters. The van der Waals surface area contributed by atoms with Gasteiger partial charge in [-0.2, -0.15) is 0 Å². The molecule has 2 aliphatic heterocycles. The summed E-state index contributed by atoms with van der Waals surface area (Å²) in [6.45, 7) is 7.62. The van der Waals surface area contributed by atoms with Gasteiger partial charge >= 0.3 is 0 Å². The highest BCUT2D eigenvalue weighted by atomic mass is 32.1. The van der Waals surface area contributed by atoms with E-state index in [0.29, 0.717) is 40.6 Å². The fourth-order valence-corrected chi connectivity index (χ4v) is 6.37. The summed E-state index contributed by atoms with van der Waals surface area (Å²) in [5.41, 5.74) is 16.3. The van der Waals surface area contributed by atoms with Gasteiger partial charge in [0.2, 0.25) is 5.79 Å². The van der Waals surface area contributed by atoms with Crippen LogP contribution in [0.1, 0.15) is 46.9 Å². The number of aryl methyl sites for hydroxylation is 2. The Morgan fingerprint density at radius 2 is 2.14 bits per heavy atom. The third-order valence-electron chi connectivity index (χ3n) is 7.18. The molecule has 0 saturated carbocycles. The van der Waals surface area contributed by atoms with Crippen molar-refractivity contribution in [1.82, 2.24) is 20.3 Å². The topological polar surface area (TPSA) is 142 Å². The molecule has 3 atom stereocenters. The first-order valence-electron chi connectivity index (χ1n) is 12.3. The van der Waals surface area contributed by atoms with Gasteiger partial charge in [0.05, 0.1) is 36.2 Å². The molecule has 1 aliphatic carbocycles. The highest BCUT2D eigenvalue weighted by molar-refractivity contribution is 7.21. The number of hydrogen-bond donors (Lipinski definition) is 3. The number of pyridine rings is 1. The van der Waals surface area contributed by atoms with Crippen molar-refractivity contribution in [2.75, 3.05) is 30.3 Å². The number of fused-ring (bicyclic) bond motifs is 2. The summed E-state index contributed by atoms with van der Waals surface area (Å²) >= 11 is 1.29. The van der Waals surface area contributed by atoms with Crippen LogP contribution in [0.25, 0.3) is 10.3 Å². The normalized spacial score (nSPS) is 27.1. The quantitative estimate of drug-likeness (QED) is 0.483. The van der Waals surface area contributed by atoms with Gasteiger partial charge in [-0.3, -0.25) is 4.79 Å². The number of ether oxygens (including phenoxy) is 2. The number of nitrogen functional groups attached to an aromatic ring is 1. The number of thiophene rings is 1. The van der Waals surface area contributed by atoms with E-state index in [1.165, 1.54) is 11.3 Å². The van der Waals surface area contributed by atoms with Crippen LogP contribution >= 0.6 is 11.3 Å². The minimum absolute atomic E-state index is 0.0101. The first kappa shape index (κ1) is 23.5. The summed E-state index contributed by atoms with van der Waals surface area (Å²) in [4.78, 5) is 30.1. The van der Waals surface area contributed by atoms with Crippen molar-refractivity contribution in [1.29, 1.82) is 0 Å². The van der Waals surface area contributed by atoms with Crippen molar-refractivity contribution < 1.29 is 14.3 Å². The lowest BCUT2D eigenvalue weighted by Gasteiger charge is -2.28. The highest BCUT2D eigenvalue weighted by Crippen LogP contribution is 2.39. The summed E-state index contributed by atoms with van der Waals surface area (Å²) in [6.07, 6.45) is 3.97. The van der Waals surface area contributed by atoms with Crippen molar-refractivity contribution in [2.24, 2.45) is 5.73 Å². The Kier molecular flexibility index (Phi) is 5.45. The van der Waals surface area contributed by atoms with Crippen LogP contribution in [-0.4, -0.2) is 64.0 Å². The van der Waals surface area contributed by atoms with E-state index in [1.807, 2.05) is 26.8 Å². The molecule has 2 fully saturated rings. The van der Waals surface area contributed by atoms with E-state index >= 15 is 0 Å². The molecule has 36 heavy (non-hydrogen) atoms. The molecule has 6 rings (SSSR count). The van der Waals surface area contributed by atoms with E-state index in [0.717, 1.165) is 42.0 Å². The van der Waals surface area contributed by atoms with E-state index in [9.17, 15) is 4.79 Å². The van der Waals surface area contributed by atoms with Gasteiger partial charge in [0, 0.05) is 24.5 Å². The molecule has 3 aromatic rings. The van der Waals surface area contributed by atoms with Gasteiger partial charge in [0.1, 0.15) is 21.0 Å². The zero-order valence-electron chi connectivity index (χ0n) is 20.7. The molecule has 5 heterocycles. The molecule has 0 aromatic carbocycles. The van der Waals surface area contributed by atoms with Crippen LogP contribution < -0.4 is 21.7 Å². The summed E-state index contributed by atoms with van der Waals surface area (Å²) in [6, 6.07) is 3.90. The monoisotopic (exact) mass is 509 g/mol. The summed E-state index contributed by atoms with van der Waals surface area (Å²) in [5.74, 6) is -0.0770. The smallest absolute Gasteiger partial charge is 0.263 e. The fourth-order valence-electron chi connectivity index (χ4n) is 5.37. The van der Waals surface area contributed by atoms with Crippen LogP contribution in [0.2, 0.25) is 0 Å². The Morgan fingerprint density at radius 3 is 2.92 bits per heavy atom. The SMILES string of the molecule is Cc1cnc2c(N)c(C(=O)NC3CCc4nc(N5CC(N)C6(C5)OCC(C)(C)O6)ccc4C3)sc2n1. The number of nitrogens with zero attached hydrogens (tertiary/aromatic N) is 4. The molecule has 3 aromatic heterocycles. The molecule has 0 bridgehead atoms. The Hall–Kier alpha value is -2.86. The van der Waals surface area contributed by atoms with E-state index < -0.39 is 5.79 Å². The minimum atomic E-state index is -0.783. The second kappa shape index (κ2) is 8.34. The van der Waals surface area contributed by atoms with Crippen LogP contribution in [0, 0.1) is 6.92 Å². The summed E-state index contributed by atoms with van der Waals surface area (Å²) in [5, 5.41) is 3.16. The average molecular weight is 510 g/mol. The number of aromatic nitrogens is 3. The van der Waals surface area contributed by atoms with Crippen LogP contribution in [0.15, 0.2) is 18.3 Å². The van der Waals surface area contributed by atoms with E-state index in [4.69, 9.17) is 25.9 Å². The Morgan fingerprint density at radius 1 is 1.31 bits per heavy atom. The number of carbonyl (C=O) groups excluding carboxylic acids is 1. The van der Waals surface area contributed by atoms with Gasteiger partial charge in [-0.05, 0) is 51.7 Å². The van der Waals surface area contributed by atoms with Gasteiger partial charge in [-0.1, -0.05) is 6.07 Å². The fraction of sp³-hybridized carbons (Fsp3) is 0.520. The first-order valence-corrected chi connectivity index (χ1v) is 13.1. The molecule has 11 heteroatoms. The molecule has 0 radical (unpaired) electrons. The Balaban J connectivity index is 1.14. The average Bonchev–Trinajstić information content (AvgIpc) is 3.45. The molecule has 1 amide bonds. The molecular weight excluding hydrogens is 478 g/mol. The summed E-state index contributed by atoms with van der Waals surface area (Å²) in [7, 11) is 0. The second-order valence-corrected chi connectivity index (χ2v) is 11.6. The van der Waals surface area contributed by atoms with Gasteiger partial charge in [-0.25, -0.2) is 15.0 Å². The van der Waals surface area contributed by atoms with Crippen LogP contribution in [0.3, 0.4) is 0 Å². The molecule has 5 N–H and O–H groups in total. The lowest BCUT2D eigenvalue weighted by molar-refractivity contribution is -0.173. The highest BCUT2D eigenvalue weighted by Gasteiger charge is 2.55. The molecule has 1 spiro atoms. The van der Waals surface area contributed by atoms with Gasteiger partial charge < -0.3 is 31.2 Å². The van der Waals surface area contributed by atoms with Crippen molar-refractivity contribution in [3.05, 3.63) is 40.2 Å². The van der Waals surface area contributed by atoms with E-state index in [-0.39, 0.29) is 23.6 Å². The molecular formula is C25H31N7O3S. The first-order chi connectivity index (χ1) is 17.1. The largest absolute Gasteiger partial charge is 0.396 e. The predicted octanol–water partition coefficient (Wildman–Crippen LogP) is 1.93. The third kappa shape index (κ3) is 4.00. The number of amides is 1. The Labute approximate surface area is 213 Å². The van der Waals surface area contributed by atoms with E-state index in [1.54, 1.807) is 6.20 Å². The predicted molar refractivity (Wildman–Crippen MR) is 138 cm³/mol. The van der Waals surface area contributed by atoms with Crippen molar-refractivity contribution in [2.45, 2.75) is 63.5 Å². The third-order valence-corrected chi connectivity index (χ3v) is 8.27. The minimum Gasteiger partial charge on any atom is -0.396 e. The zero-order valence-corrected chi connectivity index (χ0v) is 21.5. The molecule has 190 valence electrons. The molecule has 10 nitrogen and oxygen atoms in total. The lowest BCUT2D eigenvalue weighted by atomic mass is 9.91. The zero-order chi connectivity index (χ0) is 25.2. The van der Waals surface area contributed by atoms with Crippen LogP contribution in [0.5, 0.6) is 0 Å². The lowest BCUT2D eigenvalue weighted by Crippen LogP contribution is -2.49. The standard InChI is InChI=1S/C25H31N7O3S/c1-13-9-28-20-19(27)21(36-23(20)29-13)22(33)30-15-5-6-16-14(8-15)4-7-18(31-16)32-10-17(26)25(11-32)34-12-24(2,3)35-25/h4,7,9,15,17H,5-6,8,10-12,26-27H2,1-3H3,(H,30,33). The number of anilines is 2. The van der Waals surface area contributed by atoms with Gasteiger partial charge in [0.25, 0.3) is 5.91 Å². The van der Waals surface area contributed by atoms with Crippen molar-refractivity contribution in [3.8, 4) is 0 Å². The maximum Gasteiger partial charge on any atom is 0.263 e. The number of rotatable bonds is 3. The van der Waals surface area contributed by atoms with Crippen molar-refractivity contribution >= 4 is 39.1 Å². The second-order valence-electron chi connectivity index (χ2n) is 10.6. The van der Waals surface area contributed by atoms with Crippen LogP contribution in [-0.2, 0) is 22.3 Å². The summed E-state index contributed by atoms with van der Waals surface area (Å²) < 4.78 is 12.3.